The van der Waals surface area contributed by atoms with Gasteiger partial charge in [0.15, 0.2) is 0 Å². The van der Waals surface area contributed by atoms with Crippen LogP contribution in [0.25, 0.3) is 10.8 Å². The first-order valence-corrected chi connectivity index (χ1v) is 8.08. The van der Waals surface area contributed by atoms with Crippen LogP contribution in [0.2, 0.25) is 0 Å². The van der Waals surface area contributed by atoms with Gasteiger partial charge in [-0.1, -0.05) is 36.4 Å². The number of anilines is 1. The fraction of sp³-hybridized carbons (Fsp3) is 0.222. The standard InChI is InChI=1S/C18H19NOS/c1-19(18-11-5-14-21-18)12-6-13-20-17-10-4-8-15-7-2-3-9-16(15)17/h2-5,7-11,14H,6,12-13H2,1H3. The Kier molecular flexibility index (Phi) is 4.41. The van der Waals surface area contributed by atoms with E-state index < -0.39 is 0 Å². The lowest BCUT2D eigenvalue weighted by Crippen LogP contribution is -2.19. The zero-order chi connectivity index (χ0) is 14.5. The van der Waals surface area contributed by atoms with Crippen molar-refractivity contribution in [1.82, 2.24) is 0 Å². The maximum Gasteiger partial charge on any atom is 0.127 e. The summed E-state index contributed by atoms with van der Waals surface area (Å²) in [5.41, 5.74) is 0. The lowest BCUT2D eigenvalue weighted by atomic mass is 10.1. The van der Waals surface area contributed by atoms with Gasteiger partial charge in [0.2, 0.25) is 0 Å². The summed E-state index contributed by atoms with van der Waals surface area (Å²) in [5.74, 6) is 0.979. The lowest BCUT2D eigenvalue weighted by Gasteiger charge is -2.17. The summed E-state index contributed by atoms with van der Waals surface area (Å²) < 4.78 is 5.96. The Labute approximate surface area is 129 Å². The van der Waals surface area contributed by atoms with Gasteiger partial charge in [-0.05, 0) is 35.4 Å². The van der Waals surface area contributed by atoms with Crippen molar-refractivity contribution in [3.05, 3.63) is 60.0 Å². The first kappa shape index (κ1) is 14.0. The Bertz CT molecular complexity index is 688. The van der Waals surface area contributed by atoms with Crippen LogP contribution in [0.3, 0.4) is 0 Å². The molecule has 0 fully saturated rings. The van der Waals surface area contributed by atoms with Gasteiger partial charge in [-0.25, -0.2) is 0 Å². The van der Waals surface area contributed by atoms with E-state index >= 15 is 0 Å². The van der Waals surface area contributed by atoms with Crippen molar-refractivity contribution >= 4 is 27.1 Å². The molecular weight excluding hydrogens is 278 g/mol. The SMILES string of the molecule is CN(CCCOc1cccc2ccccc12)c1cccs1. The highest BCUT2D eigenvalue weighted by Crippen LogP contribution is 2.25. The highest BCUT2D eigenvalue weighted by molar-refractivity contribution is 7.14. The summed E-state index contributed by atoms with van der Waals surface area (Å²) in [6.07, 6.45) is 1.01. The van der Waals surface area contributed by atoms with Crippen LogP contribution in [0.5, 0.6) is 5.75 Å². The molecule has 3 rings (SSSR count). The zero-order valence-electron chi connectivity index (χ0n) is 12.2. The molecule has 0 amide bonds. The topological polar surface area (TPSA) is 12.5 Å². The summed E-state index contributed by atoms with van der Waals surface area (Å²) in [6, 6.07) is 18.8. The van der Waals surface area contributed by atoms with Crippen molar-refractivity contribution < 1.29 is 4.74 Å². The second-order valence-electron chi connectivity index (χ2n) is 5.05. The molecule has 1 heterocycles. The quantitative estimate of drug-likeness (QED) is 0.606. The van der Waals surface area contributed by atoms with E-state index in [9.17, 15) is 0 Å². The average molecular weight is 297 g/mol. The first-order valence-electron chi connectivity index (χ1n) is 7.20. The zero-order valence-corrected chi connectivity index (χ0v) is 13.0. The molecule has 0 aliphatic rings. The van der Waals surface area contributed by atoms with Gasteiger partial charge in [0.05, 0.1) is 11.6 Å². The summed E-state index contributed by atoms with van der Waals surface area (Å²) in [4.78, 5) is 2.27. The summed E-state index contributed by atoms with van der Waals surface area (Å²) in [7, 11) is 2.13. The van der Waals surface area contributed by atoms with Gasteiger partial charge in [-0.2, -0.15) is 0 Å². The van der Waals surface area contributed by atoms with Crippen LogP contribution in [0.15, 0.2) is 60.0 Å². The normalized spacial score (nSPS) is 10.7. The van der Waals surface area contributed by atoms with Crippen LogP contribution in [-0.4, -0.2) is 20.2 Å². The van der Waals surface area contributed by atoms with Crippen molar-refractivity contribution in [2.24, 2.45) is 0 Å². The molecule has 108 valence electrons. The van der Waals surface area contributed by atoms with Gasteiger partial charge in [0.1, 0.15) is 5.75 Å². The van der Waals surface area contributed by atoms with Crippen LogP contribution in [0, 0.1) is 0 Å². The lowest BCUT2D eigenvalue weighted by molar-refractivity contribution is 0.316. The summed E-state index contributed by atoms with van der Waals surface area (Å²) in [5, 5.41) is 5.83. The second-order valence-corrected chi connectivity index (χ2v) is 5.98. The van der Waals surface area contributed by atoms with Crippen LogP contribution < -0.4 is 9.64 Å². The first-order chi connectivity index (χ1) is 10.3. The third kappa shape index (κ3) is 3.37. The van der Waals surface area contributed by atoms with Crippen LogP contribution in [-0.2, 0) is 0 Å². The predicted octanol–water partition coefficient (Wildman–Crippen LogP) is 4.81. The van der Waals surface area contributed by atoms with E-state index in [0.29, 0.717) is 0 Å². The molecule has 0 aliphatic heterocycles. The Morgan fingerprint density at radius 2 is 1.86 bits per heavy atom. The Hall–Kier alpha value is -2.00. The number of benzene rings is 2. The maximum absolute atomic E-state index is 5.96. The molecule has 1 aromatic heterocycles. The molecule has 2 nitrogen and oxygen atoms in total. The van der Waals surface area contributed by atoms with E-state index in [1.54, 1.807) is 11.3 Å². The van der Waals surface area contributed by atoms with Crippen LogP contribution >= 0.6 is 11.3 Å². The summed E-state index contributed by atoms with van der Waals surface area (Å²) in [6.45, 7) is 1.75. The number of hydrogen-bond acceptors (Lipinski definition) is 3. The molecule has 0 atom stereocenters. The second kappa shape index (κ2) is 6.64. The van der Waals surface area contributed by atoms with E-state index in [2.05, 4.69) is 65.9 Å². The van der Waals surface area contributed by atoms with Gasteiger partial charge < -0.3 is 9.64 Å². The minimum Gasteiger partial charge on any atom is -0.493 e. The minimum atomic E-state index is 0.740. The molecule has 0 aliphatic carbocycles. The molecule has 0 radical (unpaired) electrons. The number of fused-ring (bicyclic) bond motifs is 1. The maximum atomic E-state index is 5.96. The molecule has 0 N–H and O–H groups in total. The van der Waals surface area contributed by atoms with Gasteiger partial charge in [-0.3, -0.25) is 0 Å². The van der Waals surface area contributed by atoms with Gasteiger partial charge in [-0.15, -0.1) is 11.3 Å². The molecule has 0 bridgehead atoms. The molecule has 3 heteroatoms. The average Bonchev–Trinajstić information content (AvgIpc) is 3.06. The number of ether oxygens (including phenoxy) is 1. The van der Waals surface area contributed by atoms with E-state index in [4.69, 9.17) is 4.74 Å². The molecule has 2 aromatic carbocycles. The molecule has 21 heavy (non-hydrogen) atoms. The number of rotatable bonds is 6. The van der Waals surface area contributed by atoms with Gasteiger partial charge in [0, 0.05) is 19.0 Å². The van der Waals surface area contributed by atoms with Gasteiger partial charge in [0.25, 0.3) is 0 Å². The number of hydrogen-bond donors (Lipinski definition) is 0. The third-order valence-corrected chi connectivity index (χ3v) is 4.51. The van der Waals surface area contributed by atoms with Crippen molar-refractivity contribution in [3.8, 4) is 5.75 Å². The molecule has 3 aromatic rings. The molecular formula is C18H19NOS. The van der Waals surface area contributed by atoms with Gasteiger partial charge >= 0.3 is 0 Å². The highest BCUT2D eigenvalue weighted by atomic mass is 32.1. The smallest absolute Gasteiger partial charge is 0.127 e. The summed E-state index contributed by atoms with van der Waals surface area (Å²) >= 11 is 1.77. The van der Waals surface area contributed by atoms with Crippen molar-refractivity contribution in [2.75, 3.05) is 25.1 Å². The monoisotopic (exact) mass is 297 g/mol. The Morgan fingerprint density at radius 3 is 2.71 bits per heavy atom. The Balaban J connectivity index is 1.55. The van der Waals surface area contributed by atoms with Crippen molar-refractivity contribution in [3.63, 3.8) is 0 Å². The minimum absolute atomic E-state index is 0.740. The van der Waals surface area contributed by atoms with Crippen LogP contribution in [0.4, 0.5) is 5.00 Å². The van der Waals surface area contributed by atoms with E-state index in [1.807, 2.05) is 6.07 Å². The Morgan fingerprint density at radius 1 is 1.00 bits per heavy atom. The molecule has 0 saturated heterocycles. The van der Waals surface area contributed by atoms with E-state index in [1.165, 1.54) is 15.8 Å². The fourth-order valence-corrected chi connectivity index (χ4v) is 3.13. The van der Waals surface area contributed by atoms with Crippen molar-refractivity contribution in [2.45, 2.75) is 6.42 Å². The highest BCUT2D eigenvalue weighted by Gasteiger charge is 2.03. The number of nitrogens with zero attached hydrogens (tertiary/aromatic N) is 1. The molecule has 0 saturated carbocycles. The van der Waals surface area contributed by atoms with Crippen molar-refractivity contribution in [1.29, 1.82) is 0 Å². The predicted molar refractivity (Wildman–Crippen MR) is 91.6 cm³/mol. The van der Waals surface area contributed by atoms with E-state index in [0.717, 1.165) is 25.3 Å². The largest absolute Gasteiger partial charge is 0.493 e. The third-order valence-electron chi connectivity index (χ3n) is 3.53. The molecule has 0 spiro atoms. The molecule has 0 unspecified atom stereocenters. The van der Waals surface area contributed by atoms with E-state index in [-0.39, 0.29) is 0 Å². The number of thiophene rings is 1. The fourth-order valence-electron chi connectivity index (χ4n) is 2.40. The van der Waals surface area contributed by atoms with Crippen LogP contribution in [0.1, 0.15) is 6.42 Å².